The normalized spacial score (nSPS) is 15.3. The van der Waals surface area contributed by atoms with Crippen LogP contribution in [0.15, 0.2) is 36.9 Å². The van der Waals surface area contributed by atoms with Crippen LogP contribution in [0, 0.1) is 0 Å². The van der Waals surface area contributed by atoms with Gasteiger partial charge in [0.05, 0.1) is 13.0 Å². The Morgan fingerprint density at radius 2 is 2.00 bits per heavy atom. The fourth-order valence-electron chi connectivity index (χ4n) is 1.16. The molecule has 1 atom stereocenters. The van der Waals surface area contributed by atoms with Crippen LogP contribution in [-0.4, -0.2) is 5.11 Å². The predicted molar refractivity (Wildman–Crippen MR) is 51.2 cm³/mol. The van der Waals surface area contributed by atoms with Gasteiger partial charge in [0.1, 0.15) is 0 Å². The zero-order valence-electron chi connectivity index (χ0n) is 8.83. The van der Waals surface area contributed by atoms with Crippen LogP contribution in [0.5, 0.6) is 0 Å². The minimum absolute atomic E-state index is 0.217. The molecule has 1 unspecified atom stereocenters. The maximum atomic E-state index is 12.2. The maximum Gasteiger partial charge on any atom is 0.416 e. The molecular weight excluding hydrogens is 205 g/mol. The van der Waals surface area contributed by atoms with Gasteiger partial charge in [-0.2, -0.15) is 13.2 Å². The minimum Gasteiger partial charge on any atom is -0.388 e. The predicted octanol–water partition coefficient (Wildman–Crippen LogP) is 3.31. The highest BCUT2D eigenvalue weighted by atomic mass is 19.4. The molecule has 4 heteroatoms. The number of aliphatic hydroxyl groups excluding tert-OH is 1. The van der Waals surface area contributed by atoms with Gasteiger partial charge in [0, 0.05) is 0 Å². The van der Waals surface area contributed by atoms with Crippen molar-refractivity contribution in [2.24, 2.45) is 0 Å². The lowest BCUT2D eigenvalue weighted by molar-refractivity contribution is -0.137. The lowest BCUT2D eigenvalue weighted by Gasteiger charge is -2.10. The van der Waals surface area contributed by atoms with Crippen molar-refractivity contribution in [3.05, 3.63) is 48.0 Å². The highest BCUT2D eigenvalue weighted by Crippen LogP contribution is 2.30. The lowest BCUT2D eigenvalue weighted by Crippen LogP contribution is -2.05. The Balaban J connectivity index is 2.78. The number of rotatable bonds is 3. The highest BCUT2D eigenvalue weighted by Gasteiger charge is 2.30. The molecule has 0 spiro atoms. The van der Waals surface area contributed by atoms with Gasteiger partial charge in [-0.3, -0.25) is 0 Å². The van der Waals surface area contributed by atoms with Gasteiger partial charge in [-0.05, 0) is 24.1 Å². The second-order valence-corrected chi connectivity index (χ2v) is 3.11. The molecule has 0 radical (unpaired) electrons. The van der Waals surface area contributed by atoms with Gasteiger partial charge >= 0.3 is 6.18 Å². The molecule has 1 aromatic rings. The number of hydrogen-bond acceptors (Lipinski definition) is 1. The first-order valence-corrected chi connectivity index (χ1v) is 4.34. The topological polar surface area (TPSA) is 20.2 Å². The van der Waals surface area contributed by atoms with Crippen LogP contribution in [0.3, 0.4) is 0 Å². The molecule has 0 aliphatic rings. The second-order valence-electron chi connectivity index (χ2n) is 3.11. The zero-order chi connectivity index (χ0) is 12.2. The maximum absolute atomic E-state index is 12.2. The molecule has 0 fully saturated rings. The van der Waals surface area contributed by atoms with Crippen LogP contribution >= 0.6 is 0 Å². The van der Waals surface area contributed by atoms with Gasteiger partial charge in [0.2, 0.25) is 0 Å². The average molecular weight is 217 g/mol. The highest BCUT2D eigenvalue weighted by molar-refractivity contribution is 5.26. The van der Waals surface area contributed by atoms with Gasteiger partial charge in [0.15, 0.2) is 0 Å². The largest absolute Gasteiger partial charge is 0.416 e. The fraction of sp³-hybridized carbons (Fsp3) is 0.273. The van der Waals surface area contributed by atoms with Gasteiger partial charge in [0.25, 0.3) is 0 Å². The summed E-state index contributed by atoms with van der Waals surface area (Å²) in [7, 11) is 0. The van der Waals surface area contributed by atoms with Crippen LogP contribution in [0.25, 0.3) is 0 Å². The van der Waals surface area contributed by atoms with E-state index in [9.17, 15) is 18.3 Å². The molecule has 0 aliphatic carbocycles. The van der Waals surface area contributed by atoms with Gasteiger partial charge in [-0.1, -0.05) is 18.2 Å². The Morgan fingerprint density at radius 1 is 1.40 bits per heavy atom. The molecule has 0 aliphatic heterocycles. The monoisotopic (exact) mass is 217 g/mol. The van der Waals surface area contributed by atoms with E-state index in [1.165, 1.54) is 18.2 Å². The molecule has 0 amide bonds. The SMILES string of the molecule is [2H]C=CCC(O)c1ccc(C(F)(F)F)cc1. The van der Waals surface area contributed by atoms with E-state index in [2.05, 4.69) is 0 Å². The summed E-state index contributed by atoms with van der Waals surface area (Å²) >= 11 is 0. The van der Waals surface area contributed by atoms with Crippen LogP contribution in [0.1, 0.15) is 25.0 Å². The Hall–Kier alpha value is -1.29. The quantitative estimate of drug-likeness (QED) is 0.770. The van der Waals surface area contributed by atoms with Crippen molar-refractivity contribution < 1.29 is 19.6 Å². The van der Waals surface area contributed by atoms with E-state index in [0.717, 1.165) is 18.7 Å². The van der Waals surface area contributed by atoms with E-state index in [4.69, 9.17) is 1.37 Å². The van der Waals surface area contributed by atoms with Crippen molar-refractivity contribution in [3.8, 4) is 0 Å². The first-order chi connectivity index (χ1) is 7.45. The van der Waals surface area contributed by atoms with Crippen LogP contribution in [0.4, 0.5) is 13.2 Å². The molecule has 0 bridgehead atoms. The molecule has 15 heavy (non-hydrogen) atoms. The summed E-state index contributed by atoms with van der Waals surface area (Å²) in [6, 6.07) is 4.35. The summed E-state index contributed by atoms with van der Waals surface area (Å²) in [6.45, 7) is 1.04. The van der Waals surface area contributed by atoms with Crippen molar-refractivity contribution in [3.63, 3.8) is 0 Å². The van der Waals surface area contributed by atoms with Crippen LogP contribution in [-0.2, 0) is 6.18 Å². The number of hydrogen-bond donors (Lipinski definition) is 1. The van der Waals surface area contributed by atoms with Gasteiger partial charge < -0.3 is 5.11 Å². The Bertz CT molecular complexity index is 356. The number of alkyl halides is 3. The third kappa shape index (κ3) is 3.09. The average Bonchev–Trinajstić information content (AvgIpc) is 2.25. The summed E-state index contributed by atoms with van der Waals surface area (Å²) in [5.74, 6) is 0. The van der Waals surface area contributed by atoms with Crippen molar-refractivity contribution >= 4 is 0 Å². The first-order valence-electron chi connectivity index (χ1n) is 4.91. The van der Waals surface area contributed by atoms with Gasteiger partial charge in [-0.15, -0.1) is 6.55 Å². The summed E-state index contributed by atoms with van der Waals surface area (Å²) in [4.78, 5) is 0. The van der Waals surface area contributed by atoms with E-state index in [1.54, 1.807) is 0 Å². The summed E-state index contributed by atoms with van der Waals surface area (Å²) in [6.07, 6.45) is -3.58. The van der Waals surface area contributed by atoms with Crippen LogP contribution in [0.2, 0.25) is 0 Å². The Kier molecular flexibility index (Phi) is 3.06. The Morgan fingerprint density at radius 3 is 2.47 bits per heavy atom. The van der Waals surface area contributed by atoms with Crippen molar-refractivity contribution in [2.75, 3.05) is 0 Å². The molecule has 0 saturated carbocycles. The molecule has 1 nitrogen and oxygen atoms in total. The molecule has 1 N–H and O–H groups in total. The second kappa shape index (κ2) is 4.49. The smallest absolute Gasteiger partial charge is 0.388 e. The number of halogens is 3. The molecule has 1 aromatic carbocycles. The van der Waals surface area contributed by atoms with Gasteiger partial charge in [-0.25, -0.2) is 0 Å². The van der Waals surface area contributed by atoms with Crippen molar-refractivity contribution in [2.45, 2.75) is 18.7 Å². The minimum atomic E-state index is -4.36. The van der Waals surface area contributed by atoms with E-state index < -0.39 is 17.8 Å². The number of benzene rings is 1. The summed E-state index contributed by atoms with van der Waals surface area (Å²) in [5, 5.41) is 9.53. The van der Waals surface area contributed by atoms with E-state index in [1.807, 2.05) is 0 Å². The molecule has 82 valence electrons. The zero-order valence-corrected chi connectivity index (χ0v) is 7.83. The summed E-state index contributed by atoms with van der Waals surface area (Å²) < 4.78 is 43.4. The molecular formula is C11H11F3O. The molecule has 0 saturated heterocycles. The van der Waals surface area contributed by atoms with Crippen molar-refractivity contribution in [1.82, 2.24) is 0 Å². The van der Waals surface area contributed by atoms with Crippen molar-refractivity contribution in [1.29, 1.82) is 0 Å². The van der Waals surface area contributed by atoms with E-state index in [-0.39, 0.29) is 6.42 Å². The first kappa shape index (κ1) is 10.2. The van der Waals surface area contributed by atoms with E-state index >= 15 is 0 Å². The fourth-order valence-corrected chi connectivity index (χ4v) is 1.16. The molecule has 0 heterocycles. The third-order valence-corrected chi connectivity index (χ3v) is 1.98. The third-order valence-electron chi connectivity index (χ3n) is 1.98. The molecule has 1 rings (SSSR count). The standard InChI is InChI=1S/C11H11F3O/c1-2-3-10(15)8-4-6-9(7-5-8)11(12,13)14/h2,4-7,10,15H,1,3H2/i1D. The molecule has 0 aromatic heterocycles. The van der Waals surface area contributed by atoms with Crippen LogP contribution < -0.4 is 0 Å². The summed E-state index contributed by atoms with van der Waals surface area (Å²) in [5.41, 5.74) is -0.328. The lowest BCUT2D eigenvalue weighted by atomic mass is 10.0. The Labute approximate surface area is 87.3 Å². The van der Waals surface area contributed by atoms with E-state index in [0.29, 0.717) is 5.56 Å². The number of aliphatic hydroxyl groups is 1.